The highest BCUT2D eigenvalue weighted by atomic mass is 79.9. The Hall–Kier alpha value is -2.17. The van der Waals surface area contributed by atoms with Gasteiger partial charge >= 0.3 is 0 Å². The number of carbonyl (C=O) groups is 2. The molecule has 3 N–H and O–H groups in total. The summed E-state index contributed by atoms with van der Waals surface area (Å²) in [5.41, 5.74) is 7.30. The van der Waals surface area contributed by atoms with Gasteiger partial charge in [-0.3, -0.25) is 25.8 Å². The summed E-state index contributed by atoms with van der Waals surface area (Å²) in [6.45, 7) is 5.83. The first-order chi connectivity index (χ1) is 14.6. The number of methoxy groups -OCH3 is 1. The summed E-state index contributed by atoms with van der Waals surface area (Å²) in [7, 11) is 1.54. The molecule has 166 valence electrons. The molecule has 7 nitrogen and oxygen atoms in total. The number of hydrogen-bond acceptors (Lipinski definition) is 5. The van der Waals surface area contributed by atoms with Crippen LogP contribution in [0.15, 0.2) is 39.3 Å². The predicted molar refractivity (Wildman–Crippen MR) is 130 cm³/mol. The van der Waals surface area contributed by atoms with Crippen LogP contribution in [0.5, 0.6) is 11.5 Å². The zero-order valence-electron chi connectivity index (χ0n) is 17.5. The molecule has 0 fully saturated rings. The summed E-state index contributed by atoms with van der Waals surface area (Å²) in [6.07, 6.45) is 0. The Bertz CT molecular complexity index is 999. The van der Waals surface area contributed by atoms with E-state index in [0.29, 0.717) is 21.5 Å². The molecule has 0 spiro atoms. The van der Waals surface area contributed by atoms with E-state index in [-0.39, 0.29) is 17.6 Å². The first-order valence-electron chi connectivity index (χ1n) is 9.29. The molecular weight excluding hydrogens is 550 g/mol. The molecule has 2 rings (SSSR count). The van der Waals surface area contributed by atoms with Crippen molar-refractivity contribution in [1.82, 2.24) is 16.2 Å². The molecule has 0 unspecified atom stereocenters. The molecule has 0 aliphatic rings. The standard InChI is InChI=1S/C21H23Br2N3O4S/c1-11(2)14-9-15(22)12(3)7-18(14)30-10-19(27)24-21(31)26-25-20(28)13-5-6-17(29-4)16(23)8-13/h5-9,11H,10H2,1-4H3,(H,25,28)(H2,24,26,27,31). The number of amides is 2. The summed E-state index contributed by atoms with van der Waals surface area (Å²) in [4.78, 5) is 24.4. The van der Waals surface area contributed by atoms with Crippen LogP contribution in [0.4, 0.5) is 0 Å². The van der Waals surface area contributed by atoms with Gasteiger partial charge < -0.3 is 9.47 Å². The first kappa shape index (κ1) is 25.1. The number of aryl methyl sites for hydroxylation is 1. The van der Waals surface area contributed by atoms with Crippen LogP contribution in [0.3, 0.4) is 0 Å². The number of rotatable bonds is 6. The lowest BCUT2D eigenvalue weighted by Gasteiger charge is -2.16. The second-order valence-electron chi connectivity index (χ2n) is 6.89. The molecule has 0 aliphatic carbocycles. The smallest absolute Gasteiger partial charge is 0.269 e. The van der Waals surface area contributed by atoms with Crippen molar-refractivity contribution < 1.29 is 19.1 Å². The molecular formula is C21H23Br2N3O4S. The number of ether oxygens (including phenoxy) is 2. The van der Waals surface area contributed by atoms with E-state index in [2.05, 4.69) is 48.0 Å². The van der Waals surface area contributed by atoms with Crippen LogP contribution in [0.25, 0.3) is 0 Å². The number of nitrogens with one attached hydrogen (secondary N) is 3. The molecule has 0 aromatic heterocycles. The van der Waals surface area contributed by atoms with E-state index in [4.69, 9.17) is 21.7 Å². The second-order valence-corrected chi connectivity index (χ2v) is 9.01. The molecule has 2 aromatic rings. The van der Waals surface area contributed by atoms with Gasteiger partial charge in [0.15, 0.2) is 11.7 Å². The van der Waals surface area contributed by atoms with E-state index in [0.717, 1.165) is 15.6 Å². The molecule has 10 heteroatoms. The van der Waals surface area contributed by atoms with Crippen molar-refractivity contribution in [2.75, 3.05) is 13.7 Å². The second kappa shape index (κ2) is 11.4. The van der Waals surface area contributed by atoms with Crippen molar-refractivity contribution in [1.29, 1.82) is 0 Å². The van der Waals surface area contributed by atoms with E-state index in [1.807, 2.05) is 32.9 Å². The van der Waals surface area contributed by atoms with Crippen molar-refractivity contribution in [2.24, 2.45) is 0 Å². The lowest BCUT2D eigenvalue weighted by molar-refractivity contribution is -0.121. The third-order valence-electron chi connectivity index (χ3n) is 4.23. The number of thiocarbonyl (C=S) groups is 1. The minimum absolute atomic E-state index is 0.0504. The van der Waals surface area contributed by atoms with Gasteiger partial charge in [-0.1, -0.05) is 29.8 Å². The lowest BCUT2D eigenvalue weighted by atomic mass is 10.0. The van der Waals surface area contributed by atoms with Crippen molar-refractivity contribution in [3.63, 3.8) is 0 Å². The van der Waals surface area contributed by atoms with Gasteiger partial charge in [-0.25, -0.2) is 0 Å². The van der Waals surface area contributed by atoms with Gasteiger partial charge in [0.25, 0.3) is 11.8 Å². The van der Waals surface area contributed by atoms with Crippen LogP contribution >= 0.6 is 44.1 Å². The number of carbonyl (C=O) groups excluding carboxylic acids is 2. The topological polar surface area (TPSA) is 88.7 Å². The Morgan fingerprint density at radius 3 is 2.39 bits per heavy atom. The fraction of sp³-hybridized carbons (Fsp3) is 0.286. The normalized spacial score (nSPS) is 10.4. The minimum Gasteiger partial charge on any atom is -0.496 e. The van der Waals surface area contributed by atoms with E-state index in [1.165, 1.54) is 7.11 Å². The average Bonchev–Trinajstić information content (AvgIpc) is 2.72. The number of halogens is 2. The molecule has 0 aliphatic heterocycles. The van der Waals surface area contributed by atoms with Crippen LogP contribution in [0.1, 0.15) is 41.3 Å². The number of hydrogen-bond donors (Lipinski definition) is 3. The quantitative estimate of drug-likeness (QED) is 0.352. The number of hydrazine groups is 1. The van der Waals surface area contributed by atoms with Crippen LogP contribution in [-0.4, -0.2) is 30.6 Å². The van der Waals surface area contributed by atoms with Gasteiger partial charge in [0.05, 0.1) is 11.6 Å². The number of benzene rings is 2. The van der Waals surface area contributed by atoms with Crippen molar-refractivity contribution >= 4 is 61.0 Å². The summed E-state index contributed by atoms with van der Waals surface area (Å²) in [5, 5.41) is 2.41. The van der Waals surface area contributed by atoms with Gasteiger partial charge in [-0.05, 0) is 82.4 Å². The Morgan fingerprint density at radius 2 is 1.77 bits per heavy atom. The molecule has 0 saturated heterocycles. The fourth-order valence-corrected chi connectivity index (χ4v) is 3.64. The van der Waals surface area contributed by atoms with E-state index >= 15 is 0 Å². The van der Waals surface area contributed by atoms with Gasteiger partial charge in [0, 0.05) is 10.0 Å². The van der Waals surface area contributed by atoms with E-state index in [1.54, 1.807) is 18.2 Å². The van der Waals surface area contributed by atoms with Crippen LogP contribution in [0.2, 0.25) is 0 Å². The van der Waals surface area contributed by atoms with Crippen LogP contribution in [0, 0.1) is 6.92 Å². The minimum atomic E-state index is -0.450. The van der Waals surface area contributed by atoms with E-state index in [9.17, 15) is 9.59 Å². The highest BCUT2D eigenvalue weighted by molar-refractivity contribution is 9.10. The maximum Gasteiger partial charge on any atom is 0.269 e. The highest BCUT2D eigenvalue weighted by Gasteiger charge is 2.14. The lowest BCUT2D eigenvalue weighted by Crippen LogP contribution is -2.49. The molecule has 0 saturated carbocycles. The summed E-state index contributed by atoms with van der Waals surface area (Å²) >= 11 is 11.9. The Morgan fingerprint density at radius 1 is 1.06 bits per heavy atom. The SMILES string of the molecule is COc1ccc(C(=O)NNC(=S)NC(=O)COc2cc(C)c(Br)cc2C(C)C)cc1Br. The van der Waals surface area contributed by atoms with E-state index < -0.39 is 11.8 Å². The van der Waals surface area contributed by atoms with Crippen molar-refractivity contribution in [3.8, 4) is 11.5 Å². The van der Waals surface area contributed by atoms with Crippen LogP contribution < -0.4 is 25.6 Å². The van der Waals surface area contributed by atoms with Gasteiger partial charge in [0.2, 0.25) is 0 Å². The molecule has 0 bridgehead atoms. The highest BCUT2D eigenvalue weighted by Crippen LogP contribution is 2.32. The van der Waals surface area contributed by atoms with Crippen LogP contribution in [-0.2, 0) is 4.79 Å². The maximum absolute atomic E-state index is 12.2. The summed E-state index contributed by atoms with van der Waals surface area (Å²) in [5.74, 6) is 0.597. The Labute approximate surface area is 203 Å². The summed E-state index contributed by atoms with van der Waals surface area (Å²) in [6, 6.07) is 8.75. The third-order valence-corrected chi connectivity index (χ3v) is 5.91. The average molecular weight is 573 g/mol. The first-order valence-corrected chi connectivity index (χ1v) is 11.3. The largest absolute Gasteiger partial charge is 0.496 e. The molecule has 31 heavy (non-hydrogen) atoms. The molecule has 2 amide bonds. The van der Waals surface area contributed by atoms with Gasteiger partial charge in [-0.2, -0.15) is 0 Å². The maximum atomic E-state index is 12.2. The third kappa shape index (κ3) is 7.19. The van der Waals surface area contributed by atoms with Crippen molar-refractivity contribution in [3.05, 3.63) is 56.0 Å². The zero-order chi connectivity index (χ0) is 23.1. The van der Waals surface area contributed by atoms with Gasteiger partial charge in [0.1, 0.15) is 11.5 Å². The van der Waals surface area contributed by atoms with Gasteiger partial charge in [-0.15, -0.1) is 0 Å². The Balaban J connectivity index is 1.86. The monoisotopic (exact) mass is 571 g/mol. The molecule has 0 heterocycles. The fourth-order valence-electron chi connectivity index (χ4n) is 2.58. The summed E-state index contributed by atoms with van der Waals surface area (Å²) < 4.78 is 12.5. The van der Waals surface area contributed by atoms with Crippen molar-refractivity contribution in [2.45, 2.75) is 26.7 Å². The molecule has 2 aromatic carbocycles. The zero-order valence-corrected chi connectivity index (χ0v) is 21.5. The Kier molecular flexibility index (Phi) is 9.27. The predicted octanol–water partition coefficient (Wildman–Crippen LogP) is 4.37. The molecule has 0 radical (unpaired) electrons. The molecule has 0 atom stereocenters.